The molecule has 0 amide bonds. The molecule has 1 aromatic carbocycles. The monoisotopic (exact) mass is 374 g/mol. The first kappa shape index (κ1) is 15.5. The molecule has 0 radical (unpaired) electrons. The van der Waals surface area contributed by atoms with Gasteiger partial charge in [0.25, 0.3) is 0 Å². The van der Waals surface area contributed by atoms with Gasteiger partial charge in [0.1, 0.15) is 0 Å². The van der Waals surface area contributed by atoms with Crippen LogP contribution in [0.1, 0.15) is 11.1 Å². The number of sulfonamides is 1. The Hall–Kier alpha value is -0.890. The number of aryl methyl sites for hydroxylation is 1. The van der Waals surface area contributed by atoms with Crippen LogP contribution in [-0.4, -0.2) is 19.8 Å². The SMILES string of the molecule is Cc1cc(N)cc(S(=O)(=O)N(C)Cc2csc(Br)c2)c1. The van der Waals surface area contributed by atoms with E-state index < -0.39 is 10.0 Å². The molecule has 7 heteroatoms. The van der Waals surface area contributed by atoms with E-state index in [4.69, 9.17) is 5.73 Å². The quantitative estimate of drug-likeness (QED) is 0.835. The van der Waals surface area contributed by atoms with Crippen molar-refractivity contribution in [1.82, 2.24) is 4.31 Å². The van der Waals surface area contributed by atoms with E-state index >= 15 is 0 Å². The number of thiophene rings is 1. The minimum Gasteiger partial charge on any atom is -0.399 e. The maximum absolute atomic E-state index is 12.5. The predicted molar refractivity (Wildman–Crippen MR) is 86.3 cm³/mol. The largest absolute Gasteiger partial charge is 0.399 e. The molecule has 0 saturated heterocycles. The number of nitrogens with two attached hydrogens (primary N) is 1. The predicted octanol–water partition coefficient (Wildman–Crippen LogP) is 3.22. The van der Waals surface area contributed by atoms with Crippen molar-refractivity contribution in [1.29, 1.82) is 0 Å². The summed E-state index contributed by atoms with van der Waals surface area (Å²) in [6.45, 7) is 2.16. The van der Waals surface area contributed by atoms with Gasteiger partial charge in [-0.25, -0.2) is 8.42 Å². The molecule has 2 aromatic rings. The molecule has 0 bridgehead atoms. The molecule has 0 spiro atoms. The van der Waals surface area contributed by atoms with E-state index in [0.717, 1.165) is 14.9 Å². The van der Waals surface area contributed by atoms with Crippen molar-refractivity contribution in [3.8, 4) is 0 Å². The molecule has 1 heterocycles. The molecule has 0 atom stereocenters. The third kappa shape index (κ3) is 3.41. The van der Waals surface area contributed by atoms with Crippen LogP contribution in [0.25, 0.3) is 0 Å². The Labute approximate surface area is 131 Å². The highest BCUT2D eigenvalue weighted by Crippen LogP contribution is 2.24. The van der Waals surface area contributed by atoms with E-state index in [1.807, 2.05) is 18.4 Å². The summed E-state index contributed by atoms with van der Waals surface area (Å²) in [5.41, 5.74) is 7.96. The summed E-state index contributed by atoms with van der Waals surface area (Å²) >= 11 is 4.90. The zero-order valence-corrected chi connectivity index (χ0v) is 14.3. The third-order valence-corrected chi connectivity index (χ3v) is 6.14. The maximum atomic E-state index is 12.5. The molecule has 0 saturated carbocycles. The van der Waals surface area contributed by atoms with E-state index in [-0.39, 0.29) is 4.90 Å². The number of nitrogens with zero attached hydrogens (tertiary/aromatic N) is 1. The zero-order valence-electron chi connectivity index (χ0n) is 11.1. The lowest BCUT2D eigenvalue weighted by Gasteiger charge is -2.17. The van der Waals surface area contributed by atoms with Gasteiger partial charge < -0.3 is 5.73 Å². The molecular weight excluding hydrogens is 360 g/mol. The highest BCUT2D eigenvalue weighted by molar-refractivity contribution is 9.11. The van der Waals surface area contributed by atoms with E-state index in [0.29, 0.717) is 12.2 Å². The van der Waals surface area contributed by atoms with Crippen LogP contribution in [0.2, 0.25) is 0 Å². The van der Waals surface area contributed by atoms with Crippen LogP contribution in [0, 0.1) is 6.92 Å². The van der Waals surface area contributed by atoms with Gasteiger partial charge >= 0.3 is 0 Å². The van der Waals surface area contributed by atoms with Crippen LogP contribution in [0.4, 0.5) is 5.69 Å². The van der Waals surface area contributed by atoms with Crippen molar-refractivity contribution in [2.45, 2.75) is 18.4 Å². The number of rotatable bonds is 4. The second kappa shape index (κ2) is 5.85. The van der Waals surface area contributed by atoms with E-state index in [1.165, 1.54) is 21.7 Å². The normalized spacial score (nSPS) is 12.0. The Morgan fingerprint density at radius 1 is 1.30 bits per heavy atom. The fourth-order valence-corrected chi connectivity index (χ4v) is 4.38. The minimum atomic E-state index is -3.53. The van der Waals surface area contributed by atoms with Gasteiger partial charge in [-0.05, 0) is 63.6 Å². The summed E-state index contributed by atoms with van der Waals surface area (Å²) in [6.07, 6.45) is 0. The lowest BCUT2D eigenvalue weighted by molar-refractivity contribution is 0.467. The van der Waals surface area contributed by atoms with Crippen molar-refractivity contribution in [3.05, 3.63) is 44.6 Å². The van der Waals surface area contributed by atoms with Crippen LogP contribution in [-0.2, 0) is 16.6 Å². The van der Waals surface area contributed by atoms with Crippen LogP contribution in [0.3, 0.4) is 0 Å². The molecule has 2 rings (SSSR count). The summed E-state index contributed by atoms with van der Waals surface area (Å²) < 4.78 is 27.3. The number of anilines is 1. The fourth-order valence-electron chi connectivity index (χ4n) is 1.88. The first-order chi connectivity index (χ1) is 9.29. The average Bonchev–Trinajstić information content (AvgIpc) is 2.73. The van der Waals surface area contributed by atoms with Gasteiger partial charge in [0.05, 0.1) is 8.68 Å². The zero-order chi connectivity index (χ0) is 14.9. The highest BCUT2D eigenvalue weighted by Gasteiger charge is 2.21. The second-order valence-electron chi connectivity index (χ2n) is 4.60. The molecule has 0 unspecified atom stereocenters. The highest BCUT2D eigenvalue weighted by atomic mass is 79.9. The molecular formula is C13H15BrN2O2S2. The lowest BCUT2D eigenvalue weighted by Crippen LogP contribution is -2.26. The molecule has 1 aromatic heterocycles. The van der Waals surface area contributed by atoms with Gasteiger partial charge in [0, 0.05) is 19.3 Å². The number of hydrogen-bond acceptors (Lipinski definition) is 4. The first-order valence-electron chi connectivity index (χ1n) is 5.85. The van der Waals surface area contributed by atoms with Gasteiger partial charge in [-0.1, -0.05) is 0 Å². The summed E-state index contributed by atoms with van der Waals surface area (Å²) in [6, 6.07) is 6.78. The van der Waals surface area contributed by atoms with Gasteiger partial charge in [0.2, 0.25) is 10.0 Å². The summed E-state index contributed by atoms with van der Waals surface area (Å²) in [5, 5.41) is 1.93. The molecule has 20 heavy (non-hydrogen) atoms. The Kier molecular flexibility index (Phi) is 4.53. The maximum Gasteiger partial charge on any atom is 0.243 e. The topological polar surface area (TPSA) is 63.4 Å². The van der Waals surface area contributed by atoms with Crippen molar-refractivity contribution in [3.63, 3.8) is 0 Å². The van der Waals surface area contributed by atoms with Gasteiger partial charge in [0.15, 0.2) is 0 Å². The standard InChI is InChI=1S/C13H15BrN2O2S2/c1-9-3-11(15)6-12(4-9)20(17,18)16(2)7-10-5-13(14)19-8-10/h3-6,8H,7,15H2,1-2H3. The molecule has 0 aliphatic carbocycles. The Morgan fingerprint density at radius 3 is 2.55 bits per heavy atom. The number of nitrogen functional groups attached to an aromatic ring is 1. The Bertz CT molecular complexity index is 705. The fraction of sp³-hybridized carbons (Fsp3) is 0.231. The molecule has 0 fully saturated rings. The van der Waals surface area contributed by atoms with Crippen molar-refractivity contribution in [2.75, 3.05) is 12.8 Å². The van der Waals surface area contributed by atoms with Gasteiger partial charge in [-0.3, -0.25) is 0 Å². The molecule has 2 N–H and O–H groups in total. The van der Waals surface area contributed by atoms with Gasteiger partial charge in [-0.2, -0.15) is 4.31 Å². The second-order valence-corrected chi connectivity index (χ2v) is 8.93. The van der Waals surface area contributed by atoms with Crippen LogP contribution in [0.15, 0.2) is 38.3 Å². The minimum absolute atomic E-state index is 0.229. The Balaban J connectivity index is 2.29. The number of benzene rings is 1. The third-order valence-electron chi connectivity index (χ3n) is 2.81. The van der Waals surface area contributed by atoms with Crippen LogP contribution < -0.4 is 5.73 Å². The van der Waals surface area contributed by atoms with Crippen molar-refractivity contribution >= 4 is 43.0 Å². The summed E-state index contributed by atoms with van der Waals surface area (Å²) in [7, 11) is -1.96. The van der Waals surface area contributed by atoms with E-state index in [1.54, 1.807) is 19.2 Å². The van der Waals surface area contributed by atoms with Crippen LogP contribution in [0.5, 0.6) is 0 Å². The van der Waals surface area contributed by atoms with E-state index in [2.05, 4.69) is 15.9 Å². The molecule has 0 aliphatic rings. The van der Waals surface area contributed by atoms with Crippen molar-refractivity contribution in [2.24, 2.45) is 0 Å². The molecule has 4 nitrogen and oxygen atoms in total. The lowest BCUT2D eigenvalue weighted by atomic mass is 10.2. The smallest absolute Gasteiger partial charge is 0.243 e. The summed E-state index contributed by atoms with van der Waals surface area (Å²) in [4.78, 5) is 0.229. The molecule has 108 valence electrons. The molecule has 0 aliphatic heterocycles. The average molecular weight is 375 g/mol. The number of halogens is 1. The first-order valence-corrected chi connectivity index (χ1v) is 8.97. The van der Waals surface area contributed by atoms with Gasteiger partial charge in [-0.15, -0.1) is 11.3 Å². The van der Waals surface area contributed by atoms with E-state index in [9.17, 15) is 8.42 Å². The van der Waals surface area contributed by atoms with Crippen molar-refractivity contribution < 1.29 is 8.42 Å². The number of hydrogen-bond donors (Lipinski definition) is 1. The Morgan fingerprint density at radius 2 is 2.00 bits per heavy atom. The summed E-state index contributed by atoms with van der Waals surface area (Å²) in [5.74, 6) is 0. The van der Waals surface area contributed by atoms with Crippen LogP contribution >= 0.6 is 27.3 Å².